The molecule has 0 saturated carbocycles. The van der Waals surface area contributed by atoms with Gasteiger partial charge in [-0.05, 0) is 18.6 Å². The molecule has 0 unspecified atom stereocenters. The number of pyridine rings is 1. The Kier molecular flexibility index (Phi) is 5.51. The third-order valence-corrected chi connectivity index (χ3v) is 4.09. The largest absolute Gasteiger partial charge is 0.494 e. The van der Waals surface area contributed by atoms with Crippen LogP contribution < -0.4 is 21.1 Å². The lowest BCUT2D eigenvalue weighted by Gasteiger charge is -2.10. The number of hydrogen-bond donors (Lipinski definition) is 4. The highest BCUT2D eigenvalue weighted by atomic mass is 35.5. The van der Waals surface area contributed by atoms with E-state index in [0.717, 1.165) is 10.9 Å². The van der Waals surface area contributed by atoms with Gasteiger partial charge in [-0.1, -0.05) is 11.6 Å². The van der Waals surface area contributed by atoms with Crippen molar-refractivity contribution in [1.29, 1.82) is 0 Å². The predicted octanol–water partition coefficient (Wildman–Crippen LogP) is 2.73. The quantitative estimate of drug-likeness (QED) is 0.277. The minimum Gasteiger partial charge on any atom is -0.494 e. The number of methoxy groups -OCH3 is 1. The minimum atomic E-state index is -1.04. The van der Waals surface area contributed by atoms with Crippen molar-refractivity contribution in [2.75, 3.05) is 31.2 Å². The number of nitrogen functional groups attached to an aromatic ring is 1. The molecule has 0 atom stereocenters. The van der Waals surface area contributed by atoms with E-state index in [0.29, 0.717) is 47.6 Å². The van der Waals surface area contributed by atoms with E-state index in [-0.39, 0.29) is 0 Å². The highest BCUT2D eigenvalue weighted by Gasteiger charge is 2.16. The average Bonchev–Trinajstić information content (AvgIpc) is 2.98. The molecule has 1 amide bonds. The number of halogens is 1. The zero-order valence-corrected chi connectivity index (χ0v) is 15.3. The van der Waals surface area contributed by atoms with E-state index < -0.39 is 6.09 Å². The third kappa shape index (κ3) is 4.14. The van der Waals surface area contributed by atoms with Crippen LogP contribution in [-0.2, 0) is 0 Å². The molecule has 27 heavy (non-hydrogen) atoms. The van der Waals surface area contributed by atoms with Crippen LogP contribution >= 0.6 is 11.6 Å². The Hall–Kier alpha value is -3.20. The maximum absolute atomic E-state index is 10.5. The van der Waals surface area contributed by atoms with E-state index in [9.17, 15) is 4.79 Å². The summed E-state index contributed by atoms with van der Waals surface area (Å²) in [6, 6.07) is 7.02. The number of aromatic nitrogens is 3. The normalized spacial score (nSPS) is 10.7. The van der Waals surface area contributed by atoms with E-state index in [1.165, 1.54) is 0 Å². The number of rotatable bonds is 7. The van der Waals surface area contributed by atoms with E-state index in [4.69, 9.17) is 27.2 Å². The number of carboxylic acid groups (broad SMARTS) is 1. The van der Waals surface area contributed by atoms with Gasteiger partial charge in [-0.3, -0.25) is 0 Å². The lowest BCUT2D eigenvalue weighted by Crippen LogP contribution is -2.23. The molecule has 0 saturated heterocycles. The number of benzene rings is 1. The number of hydrogen-bond acceptors (Lipinski definition) is 6. The summed E-state index contributed by atoms with van der Waals surface area (Å²) in [5.41, 5.74) is 7.88. The van der Waals surface area contributed by atoms with Crippen molar-refractivity contribution in [2.24, 2.45) is 0 Å². The summed E-state index contributed by atoms with van der Waals surface area (Å²) >= 11 is 6.07. The molecular weight excluding hydrogens is 372 g/mol. The molecule has 3 rings (SSSR count). The Bertz CT molecular complexity index is 975. The van der Waals surface area contributed by atoms with Crippen molar-refractivity contribution >= 4 is 40.1 Å². The van der Waals surface area contributed by atoms with Gasteiger partial charge in [-0.2, -0.15) is 0 Å². The van der Waals surface area contributed by atoms with Gasteiger partial charge in [0.25, 0.3) is 0 Å². The second-order valence-corrected chi connectivity index (χ2v) is 6.12. The highest BCUT2D eigenvalue weighted by molar-refractivity contribution is 6.30. The molecule has 0 spiro atoms. The summed E-state index contributed by atoms with van der Waals surface area (Å²) in [5.74, 6) is 1.19. The highest BCUT2D eigenvalue weighted by Crippen LogP contribution is 2.31. The average molecular weight is 391 g/mol. The van der Waals surface area contributed by atoms with Crippen molar-refractivity contribution in [1.82, 2.24) is 20.1 Å². The van der Waals surface area contributed by atoms with Gasteiger partial charge >= 0.3 is 6.09 Å². The standard InChI is InChI=1S/C17H19ClN6O3/c1-27-14-7-10(19)3-4-12(14)24-13-8-15(18)22-9-11(13)16(23-24)20-5-2-6-21-17(25)26/h3-4,7-9,21H,2,5-6,19H2,1H3,(H,20,23)(H,25,26). The van der Waals surface area contributed by atoms with Crippen molar-refractivity contribution in [3.05, 3.63) is 35.6 Å². The third-order valence-electron chi connectivity index (χ3n) is 3.89. The maximum Gasteiger partial charge on any atom is 0.404 e. The van der Waals surface area contributed by atoms with Gasteiger partial charge in [0.2, 0.25) is 0 Å². The SMILES string of the molecule is COc1cc(N)ccc1-n1nc(NCCCNC(=O)O)c2cnc(Cl)cc21. The second kappa shape index (κ2) is 8.00. The Balaban J connectivity index is 1.94. The summed E-state index contributed by atoms with van der Waals surface area (Å²) in [7, 11) is 1.56. The smallest absolute Gasteiger partial charge is 0.404 e. The summed E-state index contributed by atoms with van der Waals surface area (Å²) in [6.07, 6.45) is 1.20. The molecule has 0 aliphatic rings. The van der Waals surface area contributed by atoms with Crippen LogP contribution in [0.4, 0.5) is 16.3 Å². The predicted molar refractivity (Wildman–Crippen MR) is 104 cm³/mol. The van der Waals surface area contributed by atoms with E-state index in [1.54, 1.807) is 36.2 Å². The molecule has 0 aliphatic carbocycles. The number of nitrogens with one attached hydrogen (secondary N) is 2. The van der Waals surface area contributed by atoms with Crippen LogP contribution in [0.5, 0.6) is 5.75 Å². The second-order valence-electron chi connectivity index (χ2n) is 5.73. The Morgan fingerprint density at radius 2 is 2.19 bits per heavy atom. The molecule has 10 heteroatoms. The molecule has 142 valence electrons. The summed E-state index contributed by atoms with van der Waals surface area (Å²) in [5, 5.41) is 19.9. The van der Waals surface area contributed by atoms with Gasteiger partial charge in [0, 0.05) is 37.1 Å². The fourth-order valence-corrected chi connectivity index (χ4v) is 2.81. The van der Waals surface area contributed by atoms with Crippen LogP contribution in [0.1, 0.15) is 6.42 Å². The van der Waals surface area contributed by atoms with Gasteiger partial charge in [0.05, 0.1) is 18.0 Å². The molecule has 0 aliphatic heterocycles. The first-order valence-electron chi connectivity index (χ1n) is 8.18. The lowest BCUT2D eigenvalue weighted by molar-refractivity contribution is 0.194. The van der Waals surface area contributed by atoms with Crippen molar-refractivity contribution in [3.8, 4) is 11.4 Å². The topological polar surface area (TPSA) is 127 Å². The molecule has 2 heterocycles. The molecule has 0 fully saturated rings. The van der Waals surface area contributed by atoms with Gasteiger partial charge in [-0.15, -0.1) is 5.10 Å². The van der Waals surface area contributed by atoms with E-state index in [2.05, 4.69) is 20.7 Å². The fourth-order valence-electron chi connectivity index (χ4n) is 2.66. The molecule has 5 N–H and O–H groups in total. The summed E-state index contributed by atoms with van der Waals surface area (Å²) < 4.78 is 7.14. The number of nitrogens with zero attached hydrogens (tertiary/aromatic N) is 3. The van der Waals surface area contributed by atoms with Crippen molar-refractivity contribution in [3.63, 3.8) is 0 Å². The van der Waals surface area contributed by atoms with Gasteiger partial charge < -0.3 is 26.2 Å². The molecule has 3 aromatic rings. The first-order chi connectivity index (χ1) is 13.0. The monoisotopic (exact) mass is 390 g/mol. The van der Waals surface area contributed by atoms with Gasteiger partial charge in [0.15, 0.2) is 5.82 Å². The molecular formula is C17H19ClN6O3. The minimum absolute atomic E-state index is 0.343. The number of nitrogens with two attached hydrogens (primary N) is 1. The zero-order chi connectivity index (χ0) is 19.4. The molecule has 0 radical (unpaired) electrons. The summed E-state index contributed by atoms with van der Waals surface area (Å²) in [6.45, 7) is 0.880. The Morgan fingerprint density at radius 3 is 2.93 bits per heavy atom. The number of carbonyl (C=O) groups is 1. The number of amides is 1. The first kappa shape index (κ1) is 18.6. The van der Waals surface area contributed by atoms with Crippen LogP contribution in [0.3, 0.4) is 0 Å². The van der Waals surface area contributed by atoms with E-state index in [1.807, 2.05) is 6.07 Å². The van der Waals surface area contributed by atoms with Crippen LogP contribution in [0.2, 0.25) is 5.15 Å². The van der Waals surface area contributed by atoms with Crippen LogP contribution in [-0.4, -0.2) is 46.2 Å². The van der Waals surface area contributed by atoms with Crippen LogP contribution in [0.25, 0.3) is 16.6 Å². The number of fused-ring (bicyclic) bond motifs is 1. The molecule has 0 bridgehead atoms. The van der Waals surface area contributed by atoms with Gasteiger partial charge in [0.1, 0.15) is 16.6 Å². The molecule has 1 aromatic carbocycles. The van der Waals surface area contributed by atoms with Crippen LogP contribution in [0, 0.1) is 0 Å². The van der Waals surface area contributed by atoms with E-state index >= 15 is 0 Å². The fraction of sp³-hybridized carbons (Fsp3) is 0.235. The zero-order valence-electron chi connectivity index (χ0n) is 14.6. The Morgan fingerprint density at radius 1 is 1.37 bits per heavy atom. The Labute approximate surface area is 160 Å². The van der Waals surface area contributed by atoms with Crippen molar-refractivity contribution < 1.29 is 14.6 Å². The maximum atomic E-state index is 10.5. The number of ether oxygens (including phenoxy) is 1. The lowest BCUT2D eigenvalue weighted by atomic mass is 10.2. The van der Waals surface area contributed by atoms with Gasteiger partial charge in [-0.25, -0.2) is 14.5 Å². The molecule has 2 aromatic heterocycles. The first-order valence-corrected chi connectivity index (χ1v) is 8.56. The molecule has 9 nitrogen and oxygen atoms in total. The number of anilines is 2. The van der Waals surface area contributed by atoms with Crippen molar-refractivity contribution in [2.45, 2.75) is 6.42 Å². The van der Waals surface area contributed by atoms with Crippen LogP contribution in [0.15, 0.2) is 30.5 Å². The summed E-state index contributed by atoms with van der Waals surface area (Å²) in [4.78, 5) is 14.6.